The van der Waals surface area contributed by atoms with Crippen LogP contribution in [0.1, 0.15) is 25.3 Å². The normalized spacial score (nSPS) is 11.8. The summed E-state index contributed by atoms with van der Waals surface area (Å²) >= 11 is 0. The minimum atomic E-state index is -2.03. The summed E-state index contributed by atoms with van der Waals surface area (Å²) in [6.07, 6.45) is 0. The topological polar surface area (TPSA) is 127 Å². The van der Waals surface area contributed by atoms with E-state index >= 15 is 0 Å². The zero-order valence-electron chi connectivity index (χ0n) is 13.9. The number of carboxylic acids is 2. The number of hydrogen-bond acceptors (Lipinski definition) is 6. The molecular formula is C17H20O8. The molecular weight excluding hydrogens is 332 g/mol. The Morgan fingerprint density at radius 2 is 1.28 bits per heavy atom. The molecule has 1 rings (SSSR count). The van der Waals surface area contributed by atoms with Crippen molar-refractivity contribution in [3.8, 4) is 0 Å². The fraction of sp³-hybridized carbons (Fsp3) is 0.412. The number of ether oxygens (including phenoxy) is 2. The van der Waals surface area contributed by atoms with E-state index in [0.717, 1.165) is 0 Å². The van der Waals surface area contributed by atoms with Crippen LogP contribution >= 0.6 is 0 Å². The summed E-state index contributed by atoms with van der Waals surface area (Å²) in [5.74, 6) is -10.6. The minimum Gasteiger partial charge on any atom is -0.481 e. The second-order valence-corrected chi connectivity index (χ2v) is 5.07. The Hall–Kier alpha value is -2.90. The fourth-order valence-corrected chi connectivity index (χ4v) is 2.52. The largest absolute Gasteiger partial charge is 0.481 e. The molecule has 2 N–H and O–H groups in total. The maximum atomic E-state index is 12.3. The van der Waals surface area contributed by atoms with Gasteiger partial charge in [-0.05, 0) is 19.4 Å². The van der Waals surface area contributed by atoms with Crippen LogP contribution in [0.5, 0.6) is 0 Å². The number of carbonyl (C=O) groups excluding carboxylic acids is 2. The van der Waals surface area contributed by atoms with Crippen molar-refractivity contribution < 1.29 is 38.9 Å². The highest BCUT2D eigenvalue weighted by atomic mass is 16.6. The first kappa shape index (κ1) is 20.1. The maximum Gasteiger partial charge on any atom is 0.320 e. The van der Waals surface area contributed by atoms with E-state index in [9.17, 15) is 29.4 Å². The molecule has 0 aliphatic heterocycles. The fourth-order valence-electron chi connectivity index (χ4n) is 2.52. The van der Waals surface area contributed by atoms with Crippen molar-refractivity contribution in [1.82, 2.24) is 0 Å². The molecule has 1 aromatic rings. The predicted molar refractivity (Wildman–Crippen MR) is 84.7 cm³/mol. The molecule has 25 heavy (non-hydrogen) atoms. The number of esters is 2. The van der Waals surface area contributed by atoms with Gasteiger partial charge in [0.2, 0.25) is 0 Å². The smallest absolute Gasteiger partial charge is 0.320 e. The lowest BCUT2D eigenvalue weighted by Gasteiger charge is -2.27. The van der Waals surface area contributed by atoms with Gasteiger partial charge >= 0.3 is 23.9 Å². The van der Waals surface area contributed by atoms with Gasteiger partial charge in [-0.3, -0.25) is 19.2 Å². The van der Waals surface area contributed by atoms with Crippen molar-refractivity contribution >= 4 is 23.9 Å². The monoisotopic (exact) mass is 352 g/mol. The van der Waals surface area contributed by atoms with Gasteiger partial charge < -0.3 is 19.7 Å². The summed E-state index contributed by atoms with van der Waals surface area (Å²) in [5, 5.41) is 18.7. The van der Waals surface area contributed by atoms with E-state index in [2.05, 4.69) is 0 Å². The lowest BCUT2D eigenvalue weighted by atomic mass is 9.76. The van der Waals surface area contributed by atoms with Crippen LogP contribution in [-0.2, 0) is 28.7 Å². The molecule has 136 valence electrons. The second-order valence-electron chi connectivity index (χ2n) is 5.07. The lowest BCUT2D eigenvalue weighted by molar-refractivity contribution is -0.166. The van der Waals surface area contributed by atoms with Crippen molar-refractivity contribution in [2.45, 2.75) is 19.8 Å². The summed E-state index contributed by atoms with van der Waals surface area (Å²) in [7, 11) is 0. The van der Waals surface area contributed by atoms with Crippen molar-refractivity contribution in [2.75, 3.05) is 13.2 Å². The minimum absolute atomic E-state index is 0.0545. The Bertz CT molecular complexity index is 593. The van der Waals surface area contributed by atoms with Gasteiger partial charge in [0.05, 0.1) is 13.2 Å². The molecule has 0 aliphatic carbocycles. The number of benzene rings is 1. The van der Waals surface area contributed by atoms with Crippen LogP contribution in [0, 0.1) is 11.8 Å². The van der Waals surface area contributed by atoms with Crippen molar-refractivity contribution in [3.05, 3.63) is 35.9 Å². The van der Waals surface area contributed by atoms with E-state index < -0.39 is 41.6 Å². The maximum absolute atomic E-state index is 12.3. The average molecular weight is 352 g/mol. The summed E-state index contributed by atoms with van der Waals surface area (Å²) in [5.41, 5.74) is 0.211. The Morgan fingerprint density at radius 1 is 0.840 bits per heavy atom. The highest BCUT2D eigenvalue weighted by Gasteiger charge is 2.48. The molecule has 8 heteroatoms. The van der Waals surface area contributed by atoms with Gasteiger partial charge in [-0.25, -0.2) is 0 Å². The van der Waals surface area contributed by atoms with Gasteiger partial charge in [-0.1, -0.05) is 30.3 Å². The molecule has 0 saturated heterocycles. The molecule has 0 spiro atoms. The van der Waals surface area contributed by atoms with E-state index in [0.29, 0.717) is 0 Å². The van der Waals surface area contributed by atoms with Crippen LogP contribution in [0.25, 0.3) is 0 Å². The summed E-state index contributed by atoms with van der Waals surface area (Å²) in [6, 6.07) is 7.65. The van der Waals surface area contributed by atoms with Crippen molar-refractivity contribution in [2.24, 2.45) is 11.8 Å². The first-order chi connectivity index (χ1) is 11.8. The molecule has 0 heterocycles. The average Bonchev–Trinajstić information content (AvgIpc) is 2.54. The molecule has 1 atom stereocenters. The van der Waals surface area contributed by atoms with Gasteiger partial charge in [-0.15, -0.1) is 0 Å². The van der Waals surface area contributed by atoms with Crippen LogP contribution in [-0.4, -0.2) is 47.3 Å². The van der Waals surface area contributed by atoms with E-state index in [1.807, 2.05) is 0 Å². The molecule has 0 saturated carbocycles. The van der Waals surface area contributed by atoms with Crippen molar-refractivity contribution in [3.63, 3.8) is 0 Å². The van der Waals surface area contributed by atoms with E-state index in [1.54, 1.807) is 18.2 Å². The molecule has 0 bridgehead atoms. The Morgan fingerprint density at radius 3 is 1.64 bits per heavy atom. The van der Waals surface area contributed by atoms with Crippen LogP contribution in [0.2, 0.25) is 0 Å². The third kappa shape index (κ3) is 5.03. The SMILES string of the molecule is CCOC(=O)C(C(=O)OCC)C(c1ccccc1)C(C(=O)O)C(=O)O. The predicted octanol–water partition coefficient (Wildman–Crippen LogP) is 1.30. The highest BCUT2D eigenvalue weighted by Crippen LogP contribution is 2.35. The van der Waals surface area contributed by atoms with Crippen molar-refractivity contribution in [1.29, 1.82) is 0 Å². The van der Waals surface area contributed by atoms with Gasteiger partial charge in [0.1, 0.15) is 0 Å². The second kappa shape index (κ2) is 9.41. The van der Waals surface area contributed by atoms with E-state index in [1.165, 1.54) is 26.0 Å². The number of aliphatic carboxylic acids is 2. The molecule has 0 amide bonds. The Balaban J connectivity index is 3.52. The lowest BCUT2D eigenvalue weighted by Crippen LogP contribution is -2.41. The van der Waals surface area contributed by atoms with Gasteiger partial charge in [0.15, 0.2) is 11.8 Å². The van der Waals surface area contributed by atoms with Gasteiger partial charge in [0, 0.05) is 5.92 Å². The number of carbonyl (C=O) groups is 4. The van der Waals surface area contributed by atoms with Gasteiger partial charge in [-0.2, -0.15) is 0 Å². The molecule has 0 fully saturated rings. The van der Waals surface area contributed by atoms with Crippen LogP contribution in [0.3, 0.4) is 0 Å². The Kier molecular flexibility index (Phi) is 7.58. The van der Waals surface area contributed by atoms with Crippen LogP contribution < -0.4 is 0 Å². The molecule has 1 aromatic carbocycles. The Labute approximate surface area is 144 Å². The van der Waals surface area contributed by atoms with E-state index in [-0.39, 0.29) is 18.8 Å². The quantitative estimate of drug-likeness (QED) is 0.503. The number of rotatable bonds is 9. The molecule has 0 radical (unpaired) electrons. The zero-order chi connectivity index (χ0) is 19.0. The standard InChI is InChI=1S/C17H20O8/c1-3-24-16(22)13(17(23)25-4-2)11(10-8-6-5-7-9-10)12(14(18)19)15(20)21/h5-9,11-13H,3-4H2,1-2H3,(H,18,19)(H,20,21). The first-order valence-corrected chi connectivity index (χ1v) is 7.68. The zero-order valence-corrected chi connectivity index (χ0v) is 13.9. The summed E-state index contributed by atoms with van der Waals surface area (Å²) in [6.45, 7) is 2.93. The summed E-state index contributed by atoms with van der Waals surface area (Å²) < 4.78 is 9.72. The highest BCUT2D eigenvalue weighted by molar-refractivity contribution is 6.00. The molecule has 0 aliphatic rings. The third-order valence-electron chi connectivity index (χ3n) is 3.52. The third-order valence-corrected chi connectivity index (χ3v) is 3.52. The molecule has 1 unspecified atom stereocenters. The first-order valence-electron chi connectivity index (χ1n) is 7.68. The van der Waals surface area contributed by atoms with E-state index in [4.69, 9.17) is 9.47 Å². The number of carboxylic acid groups (broad SMARTS) is 2. The van der Waals surface area contributed by atoms with Crippen LogP contribution in [0.4, 0.5) is 0 Å². The van der Waals surface area contributed by atoms with Crippen LogP contribution in [0.15, 0.2) is 30.3 Å². The van der Waals surface area contributed by atoms with Gasteiger partial charge in [0.25, 0.3) is 0 Å². The number of hydrogen-bond donors (Lipinski definition) is 2. The summed E-state index contributed by atoms with van der Waals surface area (Å²) in [4.78, 5) is 47.7. The molecule has 8 nitrogen and oxygen atoms in total. The molecule has 0 aromatic heterocycles.